The van der Waals surface area contributed by atoms with Gasteiger partial charge in [-0.05, 0) is 29.8 Å². The Morgan fingerprint density at radius 1 is 1.12 bits per heavy atom. The highest BCUT2D eigenvalue weighted by molar-refractivity contribution is 6.30. The Balaban J connectivity index is 1.58. The standard InChI is InChI=1S/C18H15ClN2O3/c19-13-7-5-12(6-8-13)11-24-17(22)10-9-16-20-15-4-2-1-3-14(15)18(23)21-16/h1-8H,9-11H2,(H,20,21,23). The van der Waals surface area contributed by atoms with Gasteiger partial charge in [-0.1, -0.05) is 35.9 Å². The zero-order chi connectivity index (χ0) is 16.9. The van der Waals surface area contributed by atoms with E-state index in [1.54, 1.807) is 42.5 Å². The highest BCUT2D eigenvalue weighted by Gasteiger charge is 2.08. The van der Waals surface area contributed by atoms with Crippen LogP contribution < -0.4 is 5.56 Å². The van der Waals surface area contributed by atoms with Gasteiger partial charge in [0.25, 0.3) is 5.56 Å². The number of benzene rings is 2. The number of hydrogen-bond acceptors (Lipinski definition) is 4. The SMILES string of the molecule is O=C(CCc1nc2ccccc2c(=O)[nH]1)OCc1ccc(Cl)cc1. The van der Waals surface area contributed by atoms with Gasteiger partial charge in [-0.2, -0.15) is 0 Å². The summed E-state index contributed by atoms with van der Waals surface area (Å²) in [6.07, 6.45) is 0.467. The average molecular weight is 343 g/mol. The van der Waals surface area contributed by atoms with Crippen molar-refractivity contribution in [2.24, 2.45) is 0 Å². The fourth-order valence-corrected chi connectivity index (χ4v) is 2.42. The number of H-pyrrole nitrogens is 1. The number of para-hydroxylation sites is 1. The van der Waals surface area contributed by atoms with Gasteiger partial charge in [0.15, 0.2) is 0 Å². The van der Waals surface area contributed by atoms with E-state index in [4.69, 9.17) is 16.3 Å². The molecule has 3 rings (SSSR count). The van der Waals surface area contributed by atoms with Gasteiger partial charge in [-0.15, -0.1) is 0 Å². The predicted molar refractivity (Wildman–Crippen MR) is 91.9 cm³/mol. The van der Waals surface area contributed by atoms with Crippen LogP contribution in [0.1, 0.15) is 17.8 Å². The maximum Gasteiger partial charge on any atom is 0.306 e. The number of aromatic amines is 1. The largest absolute Gasteiger partial charge is 0.461 e. The lowest BCUT2D eigenvalue weighted by Crippen LogP contribution is -2.13. The molecule has 0 saturated heterocycles. The molecule has 1 aromatic heterocycles. The molecule has 0 spiro atoms. The number of fused-ring (bicyclic) bond motifs is 1. The van der Waals surface area contributed by atoms with Gasteiger partial charge in [0.05, 0.1) is 17.3 Å². The zero-order valence-corrected chi connectivity index (χ0v) is 13.5. The Kier molecular flexibility index (Phi) is 4.91. The van der Waals surface area contributed by atoms with E-state index in [9.17, 15) is 9.59 Å². The summed E-state index contributed by atoms with van der Waals surface area (Å²) in [7, 11) is 0. The van der Waals surface area contributed by atoms with Crippen molar-refractivity contribution < 1.29 is 9.53 Å². The molecule has 0 aliphatic heterocycles. The van der Waals surface area contributed by atoms with Crippen molar-refractivity contribution in [1.82, 2.24) is 9.97 Å². The molecule has 0 bridgehead atoms. The second-order valence-electron chi connectivity index (χ2n) is 5.32. The number of rotatable bonds is 5. The maximum absolute atomic E-state index is 12.0. The van der Waals surface area contributed by atoms with E-state index in [1.165, 1.54) is 0 Å². The van der Waals surface area contributed by atoms with Gasteiger partial charge >= 0.3 is 5.97 Å². The zero-order valence-electron chi connectivity index (χ0n) is 12.8. The number of esters is 1. The molecule has 3 aromatic rings. The number of carbonyl (C=O) groups is 1. The summed E-state index contributed by atoms with van der Waals surface area (Å²) in [5.74, 6) is 0.128. The molecule has 2 aromatic carbocycles. The number of aryl methyl sites for hydroxylation is 1. The van der Waals surface area contributed by atoms with Crippen LogP contribution in [0.3, 0.4) is 0 Å². The third kappa shape index (κ3) is 4.00. The third-order valence-corrected chi connectivity index (χ3v) is 3.79. The summed E-state index contributed by atoms with van der Waals surface area (Å²) in [6.45, 7) is 0.192. The molecule has 6 heteroatoms. The van der Waals surface area contributed by atoms with Crippen LogP contribution >= 0.6 is 11.6 Å². The second-order valence-corrected chi connectivity index (χ2v) is 5.75. The monoisotopic (exact) mass is 342 g/mol. The van der Waals surface area contributed by atoms with Crippen molar-refractivity contribution in [3.05, 3.63) is 75.3 Å². The minimum absolute atomic E-state index is 0.148. The van der Waals surface area contributed by atoms with Crippen molar-refractivity contribution >= 4 is 28.5 Å². The molecular formula is C18H15ClN2O3. The quantitative estimate of drug-likeness (QED) is 0.722. The molecule has 0 atom stereocenters. The number of ether oxygens (including phenoxy) is 1. The molecular weight excluding hydrogens is 328 g/mol. The van der Waals surface area contributed by atoms with Crippen LogP contribution in [0.4, 0.5) is 0 Å². The van der Waals surface area contributed by atoms with Crippen molar-refractivity contribution in [1.29, 1.82) is 0 Å². The topological polar surface area (TPSA) is 72.0 Å². The van der Waals surface area contributed by atoms with Crippen molar-refractivity contribution in [3.63, 3.8) is 0 Å². The van der Waals surface area contributed by atoms with Crippen LogP contribution in [0.2, 0.25) is 5.02 Å². The number of halogens is 1. The lowest BCUT2D eigenvalue weighted by molar-refractivity contribution is -0.144. The van der Waals surface area contributed by atoms with Gasteiger partial charge in [0.2, 0.25) is 0 Å². The third-order valence-electron chi connectivity index (χ3n) is 3.54. The fourth-order valence-electron chi connectivity index (χ4n) is 2.29. The summed E-state index contributed by atoms with van der Waals surface area (Å²) in [5, 5.41) is 1.17. The van der Waals surface area contributed by atoms with Crippen LogP contribution in [-0.2, 0) is 22.6 Å². The van der Waals surface area contributed by atoms with Gasteiger partial charge in [-0.25, -0.2) is 4.98 Å². The summed E-state index contributed by atoms with van der Waals surface area (Å²) in [4.78, 5) is 30.9. The first-order chi connectivity index (χ1) is 11.6. The predicted octanol–water partition coefficient (Wildman–Crippen LogP) is 3.25. The summed E-state index contributed by atoms with van der Waals surface area (Å²) < 4.78 is 5.21. The number of hydrogen-bond donors (Lipinski definition) is 1. The fraction of sp³-hybridized carbons (Fsp3) is 0.167. The number of nitrogens with zero attached hydrogens (tertiary/aromatic N) is 1. The van der Waals surface area contributed by atoms with Gasteiger partial charge in [-0.3, -0.25) is 9.59 Å². The molecule has 1 N–H and O–H groups in total. The Morgan fingerprint density at radius 3 is 2.67 bits per heavy atom. The van der Waals surface area contributed by atoms with Gasteiger partial charge in [0, 0.05) is 11.4 Å². The Bertz CT molecular complexity index is 919. The summed E-state index contributed by atoms with van der Waals surface area (Å²) in [5.41, 5.74) is 1.28. The first-order valence-corrected chi connectivity index (χ1v) is 7.87. The molecule has 0 unspecified atom stereocenters. The van der Waals surface area contributed by atoms with E-state index >= 15 is 0 Å². The number of carbonyl (C=O) groups excluding carboxylic acids is 1. The molecule has 0 aliphatic carbocycles. The Morgan fingerprint density at radius 2 is 1.88 bits per heavy atom. The normalized spacial score (nSPS) is 10.7. The molecule has 0 radical (unpaired) electrons. The van der Waals surface area contributed by atoms with Gasteiger partial charge in [0.1, 0.15) is 12.4 Å². The molecule has 0 amide bonds. The number of nitrogens with one attached hydrogen (secondary N) is 1. The van der Waals surface area contributed by atoms with E-state index < -0.39 is 0 Å². The molecule has 5 nitrogen and oxygen atoms in total. The Labute approximate surface area is 143 Å². The van der Waals surface area contributed by atoms with Crippen LogP contribution in [-0.4, -0.2) is 15.9 Å². The Hall–Kier alpha value is -2.66. The summed E-state index contributed by atoms with van der Waals surface area (Å²) in [6, 6.07) is 14.2. The molecule has 122 valence electrons. The van der Waals surface area contributed by atoms with Crippen molar-refractivity contribution in [2.75, 3.05) is 0 Å². The lowest BCUT2D eigenvalue weighted by atomic mass is 10.2. The highest BCUT2D eigenvalue weighted by Crippen LogP contribution is 2.11. The average Bonchev–Trinajstić information content (AvgIpc) is 2.59. The van der Waals surface area contributed by atoms with E-state index in [-0.39, 0.29) is 24.6 Å². The molecule has 1 heterocycles. The van der Waals surface area contributed by atoms with E-state index in [2.05, 4.69) is 9.97 Å². The maximum atomic E-state index is 12.0. The van der Waals surface area contributed by atoms with E-state index in [0.717, 1.165) is 5.56 Å². The van der Waals surface area contributed by atoms with E-state index in [0.29, 0.717) is 28.2 Å². The molecule has 0 aliphatic rings. The van der Waals surface area contributed by atoms with E-state index in [1.807, 2.05) is 6.07 Å². The van der Waals surface area contributed by atoms with Crippen LogP contribution in [0.5, 0.6) is 0 Å². The van der Waals surface area contributed by atoms with Gasteiger partial charge < -0.3 is 9.72 Å². The van der Waals surface area contributed by atoms with Crippen LogP contribution in [0.25, 0.3) is 10.9 Å². The second kappa shape index (κ2) is 7.27. The van der Waals surface area contributed by atoms with Crippen LogP contribution in [0, 0.1) is 0 Å². The van der Waals surface area contributed by atoms with Crippen molar-refractivity contribution in [2.45, 2.75) is 19.4 Å². The summed E-state index contributed by atoms with van der Waals surface area (Å²) >= 11 is 5.80. The molecule has 24 heavy (non-hydrogen) atoms. The minimum Gasteiger partial charge on any atom is -0.461 e. The first kappa shape index (κ1) is 16.2. The highest BCUT2D eigenvalue weighted by atomic mass is 35.5. The van der Waals surface area contributed by atoms with Crippen LogP contribution in [0.15, 0.2) is 53.3 Å². The smallest absolute Gasteiger partial charge is 0.306 e. The number of aromatic nitrogens is 2. The molecule has 0 fully saturated rings. The first-order valence-electron chi connectivity index (χ1n) is 7.50. The lowest BCUT2D eigenvalue weighted by Gasteiger charge is -2.05. The van der Waals surface area contributed by atoms with Crippen molar-refractivity contribution in [3.8, 4) is 0 Å². The minimum atomic E-state index is -0.347. The molecule has 0 saturated carbocycles.